The van der Waals surface area contributed by atoms with Crippen LogP contribution in [0.15, 0.2) is 23.1 Å². The SMILES string of the molecule is CC(=O)c1cccc(Cl)c1S(N)(=O)=O. The van der Waals surface area contributed by atoms with Gasteiger partial charge in [-0.25, -0.2) is 13.6 Å². The predicted molar refractivity (Wildman–Crippen MR) is 52.8 cm³/mol. The predicted octanol–water partition coefficient (Wildman–Crippen LogP) is 1.19. The molecule has 0 saturated heterocycles. The average molecular weight is 234 g/mol. The third-order valence-corrected chi connectivity index (χ3v) is 3.07. The smallest absolute Gasteiger partial charge is 0.240 e. The first kappa shape index (κ1) is 11.2. The van der Waals surface area contributed by atoms with Crippen LogP contribution < -0.4 is 5.14 Å². The molecule has 0 fully saturated rings. The summed E-state index contributed by atoms with van der Waals surface area (Å²) in [7, 11) is -3.96. The van der Waals surface area contributed by atoms with Gasteiger partial charge in [0.1, 0.15) is 4.90 Å². The topological polar surface area (TPSA) is 77.2 Å². The van der Waals surface area contributed by atoms with Gasteiger partial charge in [-0.2, -0.15) is 0 Å². The summed E-state index contributed by atoms with van der Waals surface area (Å²) in [6.45, 7) is 1.25. The third-order valence-electron chi connectivity index (χ3n) is 1.63. The minimum atomic E-state index is -3.96. The number of sulfonamides is 1. The van der Waals surface area contributed by atoms with Crippen molar-refractivity contribution in [2.24, 2.45) is 5.14 Å². The second-order valence-electron chi connectivity index (χ2n) is 2.72. The highest BCUT2D eigenvalue weighted by Gasteiger charge is 2.19. The Morgan fingerprint density at radius 3 is 2.36 bits per heavy atom. The zero-order chi connectivity index (χ0) is 10.9. The molecule has 0 unspecified atom stereocenters. The van der Waals surface area contributed by atoms with Crippen molar-refractivity contribution in [3.05, 3.63) is 28.8 Å². The summed E-state index contributed by atoms with van der Waals surface area (Å²) in [6.07, 6.45) is 0. The van der Waals surface area contributed by atoms with E-state index in [9.17, 15) is 13.2 Å². The summed E-state index contributed by atoms with van der Waals surface area (Å²) in [4.78, 5) is 10.8. The Hall–Kier alpha value is -0.910. The molecular weight excluding hydrogens is 226 g/mol. The van der Waals surface area contributed by atoms with E-state index in [1.807, 2.05) is 0 Å². The number of nitrogens with two attached hydrogens (primary N) is 1. The van der Waals surface area contributed by atoms with Crippen LogP contribution in [0.25, 0.3) is 0 Å². The van der Waals surface area contributed by atoms with Crippen LogP contribution in [0.1, 0.15) is 17.3 Å². The summed E-state index contributed by atoms with van der Waals surface area (Å²) >= 11 is 5.65. The Bertz CT molecular complexity index is 481. The Morgan fingerprint density at radius 2 is 2.00 bits per heavy atom. The van der Waals surface area contributed by atoms with E-state index in [-0.39, 0.29) is 15.5 Å². The van der Waals surface area contributed by atoms with E-state index in [1.54, 1.807) is 0 Å². The molecule has 0 amide bonds. The highest BCUT2D eigenvalue weighted by atomic mass is 35.5. The number of hydrogen-bond acceptors (Lipinski definition) is 3. The molecule has 0 heterocycles. The van der Waals surface area contributed by atoms with Crippen LogP contribution >= 0.6 is 11.6 Å². The van der Waals surface area contributed by atoms with Gasteiger partial charge in [-0.3, -0.25) is 4.79 Å². The summed E-state index contributed by atoms with van der Waals surface area (Å²) in [6, 6.07) is 4.23. The molecule has 0 atom stereocenters. The fourth-order valence-electron chi connectivity index (χ4n) is 1.08. The molecule has 1 aromatic carbocycles. The number of halogens is 1. The Balaban J connectivity index is 3.62. The van der Waals surface area contributed by atoms with E-state index < -0.39 is 15.8 Å². The van der Waals surface area contributed by atoms with Gasteiger partial charge in [0, 0.05) is 5.56 Å². The first-order chi connectivity index (χ1) is 6.34. The highest BCUT2D eigenvalue weighted by molar-refractivity contribution is 7.89. The minimum Gasteiger partial charge on any atom is -0.294 e. The summed E-state index contributed by atoms with van der Waals surface area (Å²) < 4.78 is 22.2. The first-order valence-corrected chi connectivity index (χ1v) is 5.58. The van der Waals surface area contributed by atoms with Crippen molar-refractivity contribution in [2.75, 3.05) is 0 Å². The first-order valence-electron chi connectivity index (χ1n) is 3.66. The summed E-state index contributed by atoms with van der Waals surface area (Å²) in [5, 5.41) is 4.89. The lowest BCUT2D eigenvalue weighted by atomic mass is 10.1. The van der Waals surface area contributed by atoms with Crippen molar-refractivity contribution in [1.29, 1.82) is 0 Å². The van der Waals surface area contributed by atoms with Gasteiger partial charge in [-0.1, -0.05) is 17.7 Å². The monoisotopic (exact) mass is 233 g/mol. The lowest BCUT2D eigenvalue weighted by Crippen LogP contribution is -2.16. The van der Waals surface area contributed by atoms with Gasteiger partial charge < -0.3 is 0 Å². The van der Waals surface area contributed by atoms with Crippen molar-refractivity contribution < 1.29 is 13.2 Å². The zero-order valence-electron chi connectivity index (χ0n) is 7.32. The second kappa shape index (κ2) is 3.68. The molecule has 2 N–H and O–H groups in total. The number of carbonyl (C=O) groups excluding carboxylic acids is 1. The minimum absolute atomic E-state index is 0.0139. The van der Waals surface area contributed by atoms with Crippen LogP contribution in [0.3, 0.4) is 0 Å². The zero-order valence-corrected chi connectivity index (χ0v) is 8.89. The van der Waals surface area contributed by atoms with Gasteiger partial charge in [0.25, 0.3) is 0 Å². The molecule has 0 radical (unpaired) electrons. The molecule has 6 heteroatoms. The van der Waals surface area contributed by atoms with E-state index >= 15 is 0 Å². The molecule has 1 aromatic rings. The van der Waals surface area contributed by atoms with Crippen LogP contribution in [0.5, 0.6) is 0 Å². The third kappa shape index (κ3) is 2.12. The molecule has 0 saturated carbocycles. The quantitative estimate of drug-likeness (QED) is 0.780. The van der Waals surface area contributed by atoms with E-state index in [4.69, 9.17) is 16.7 Å². The Labute approximate surface area is 86.7 Å². The highest BCUT2D eigenvalue weighted by Crippen LogP contribution is 2.24. The van der Waals surface area contributed by atoms with Crippen molar-refractivity contribution in [3.63, 3.8) is 0 Å². The van der Waals surface area contributed by atoms with Gasteiger partial charge in [0.15, 0.2) is 5.78 Å². The van der Waals surface area contributed by atoms with Crippen molar-refractivity contribution >= 4 is 27.4 Å². The number of hydrogen-bond donors (Lipinski definition) is 1. The van der Waals surface area contributed by atoms with Crippen molar-refractivity contribution in [2.45, 2.75) is 11.8 Å². The second-order valence-corrected chi connectivity index (χ2v) is 4.62. The van der Waals surface area contributed by atoms with Crippen LogP contribution in [0.4, 0.5) is 0 Å². The van der Waals surface area contributed by atoms with Crippen LogP contribution in [0.2, 0.25) is 5.02 Å². The molecule has 0 bridgehead atoms. The number of Topliss-reactive ketones (excluding diaryl/α,β-unsaturated/α-hetero) is 1. The van der Waals surface area contributed by atoms with Crippen molar-refractivity contribution in [1.82, 2.24) is 0 Å². The molecular formula is C8H8ClNO3S. The molecule has 0 aliphatic heterocycles. The number of ketones is 1. The van der Waals surface area contributed by atoms with Gasteiger partial charge in [0.2, 0.25) is 10.0 Å². The normalized spacial score (nSPS) is 11.4. The standard InChI is InChI=1S/C8H8ClNO3S/c1-5(11)6-3-2-4-7(9)8(6)14(10,12)13/h2-4H,1H3,(H2,10,12,13). The molecule has 0 aliphatic rings. The van der Waals surface area contributed by atoms with E-state index in [0.29, 0.717) is 0 Å². The van der Waals surface area contributed by atoms with Gasteiger partial charge >= 0.3 is 0 Å². The molecule has 0 aliphatic carbocycles. The maximum absolute atomic E-state index is 11.1. The Morgan fingerprint density at radius 1 is 1.43 bits per heavy atom. The molecule has 14 heavy (non-hydrogen) atoms. The molecule has 0 aromatic heterocycles. The van der Waals surface area contributed by atoms with E-state index in [2.05, 4.69) is 0 Å². The maximum atomic E-state index is 11.1. The van der Waals surface area contributed by atoms with Gasteiger partial charge in [-0.15, -0.1) is 0 Å². The van der Waals surface area contributed by atoms with Crippen LogP contribution in [-0.4, -0.2) is 14.2 Å². The molecule has 0 spiro atoms. The lowest BCUT2D eigenvalue weighted by molar-refractivity contribution is 0.101. The summed E-state index contributed by atoms with van der Waals surface area (Å²) in [5.74, 6) is -0.392. The van der Waals surface area contributed by atoms with Gasteiger partial charge in [0.05, 0.1) is 5.02 Å². The van der Waals surface area contributed by atoms with E-state index in [1.165, 1.54) is 25.1 Å². The lowest BCUT2D eigenvalue weighted by Gasteiger charge is -2.05. The molecule has 4 nitrogen and oxygen atoms in total. The maximum Gasteiger partial charge on any atom is 0.240 e. The number of carbonyl (C=O) groups is 1. The van der Waals surface area contributed by atoms with Gasteiger partial charge in [-0.05, 0) is 19.1 Å². The van der Waals surface area contributed by atoms with Crippen LogP contribution in [-0.2, 0) is 10.0 Å². The molecule has 1 rings (SSSR count). The summed E-state index contributed by atoms with van der Waals surface area (Å²) in [5.41, 5.74) is 0.0139. The van der Waals surface area contributed by atoms with Crippen molar-refractivity contribution in [3.8, 4) is 0 Å². The molecule has 76 valence electrons. The number of rotatable bonds is 2. The Kier molecular flexibility index (Phi) is 2.94. The number of benzene rings is 1. The fraction of sp³-hybridized carbons (Fsp3) is 0.125. The van der Waals surface area contributed by atoms with Crippen LogP contribution in [0, 0.1) is 0 Å². The number of primary sulfonamides is 1. The largest absolute Gasteiger partial charge is 0.294 e. The average Bonchev–Trinajstić information content (AvgIpc) is 2.01. The van der Waals surface area contributed by atoms with E-state index in [0.717, 1.165) is 0 Å². The fourth-order valence-corrected chi connectivity index (χ4v) is 2.43.